The number of hydrogen-bond donors (Lipinski definition) is 0. The molecule has 4 heteroatoms. The molecule has 0 radical (unpaired) electrons. The fourth-order valence-corrected chi connectivity index (χ4v) is 1.39. The predicted molar refractivity (Wildman–Crippen MR) is 65.7 cm³/mol. The van der Waals surface area contributed by atoms with Gasteiger partial charge in [-0.15, -0.1) is 0 Å². The number of benzene rings is 1. The highest BCUT2D eigenvalue weighted by atomic mass is 19.1. The van der Waals surface area contributed by atoms with Gasteiger partial charge in [0.1, 0.15) is 11.4 Å². The minimum atomic E-state index is -0.588. The average Bonchev–Trinajstić information content (AvgIpc) is 2.19. The number of hydrogen-bond acceptors (Lipinski definition) is 2. The largest absolute Gasteiger partial charge is 0.443 e. The molecule has 1 aromatic rings. The highest BCUT2D eigenvalue weighted by Crippen LogP contribution is 2.21. The predicted octanol–water partition coefficient (Wildman–Crippen LogP) is 3.59. The van der Waals surface area contributed by atoms with Crippen molar-refractivity contribution in [1.29, 1.82) is 0 Å². The van der Waals surface area contributed by atoms with Gasteiger partial charge in [0.05, 0.1) is 5.69 Å². The zero-order valence-corrected chi connectivity index (χ0v) is 10.7. The minimum Gasteiger partial charge on any atom is -0.443 e. The van der Waals surface area contributed by atoms with E-state index in [9.17, 15) is 9.18 Å². The second-order valence-corrected chi connectivity index (χ2v) is 4.68. The Hall–Kier alpha value is -1.58. The number of para-hydroxylation sites is 1. The lowest BCUT2D eigenvalue weighted by atomic mass is 10.2. The van der Waals surface area contributed by atoms with Crippen LogP contribution in [0.15, 0.2) is 24.3 Å². The van der Waals surface area contributed by atoms with Crippen LogP contribution in [0, 0.1) is 5.82 Å². The summed E-state index contributed by atoms with van der Waals surface area (Å²) in [6, 6.07) is 6.15. The summed E-state index contributed by atoms with van der Waals surface area (Å²) in [7, 11) is 0. The second-order valence-electron chi connectivity index (χ2n) is 4.68. The molecule has 0 unspecified atom stereocenters. The summed E-state index contributed by atoms with van der Waals surface area (Å²) >= 11 is 0. The van der Waals surface area contributed by atoms with Crippen LogP contribution in [0.25, 0.3) is 0 Å². The molecule has 0 atom stereocenters. The number of nitrogens with zero attached hydrogens (tertiary/aromatic N) is 1. The van der Waals surface area contributed by atoms with Crippen molar-refractivity contribution in [2.75, 3.05) is 11.4 Å². The molecule has 0 saturated carbocycles. The third-order valence-corrected chi connectivity index (χ3v) is 2.07. The summed E-state index contributed by atoms with van der Waals surface area (Å²) in [6.07, 6.45) is -0.537. The van der Waals surface area contributed by atoms with Gasteiger partial charge in [-0.05, 0) is 39.8 Å². The van der Waals surface area contributed by atoms with E-state index >= 15 is 0 Å². The number of amides is 1. The Morgan fingerprint density at radius 2 is 1.94 bits per heavy atom. The van der Waals surface area contributed by atoms with Crippen LogP contribution in [-0.4, -0.2) is 18.2 Å². The van der Waals surface area contributed by atoms with Crippen molar-refractivity contribution in [3.63, 3.8) is 0 Å². The third kappa shape index (κ3) is 3.73. The molecule has 0 bridgehead atoms. The average molecular weight is 239 g/mol. The molecule has 0 heterocycles. The Bertz CT molecular complexity index is 399. The summed E-state index contributed by atoms with van der Waals surface area (Å²) in [5, 5.41) is 0. The molecule has 0 aliphatic carbocycles. The van der Waals surface area contributed by atoms with Crippen LogP contribution in [0.4, 0.5) is 14.9 Å². The van der Waals surface area contributed by atoms with Crippen LogP contribution in [0.5, 0.6) is 0 Å². The Morgan fingerprint density at radius 1 is 1.35 bits per heavy atom. The molecule has 1 aromatic carbocycles. The summed E-state index contributed by atoms with van der Waals surface area (Å²) in [5.74, 6) is -0.430. The molecule has 1 rings (SSSR count). The zero-order valence-electron chi connectivity index (χ0n) is 10.7. The molecule has 17 heavy (non-hydrogen) atoms. The van der Waals surface area contributed by atoms with E-state index in [0.29, 0.717) is 6.54 Å². The molecule has 3 nitrogen and oxygen atoms in total. The van der Waals surface area contributed by atoms with Gasteiger partial charge in [-0.3, -0.25) is 4.90 Å². The lowest BCUT2D eigenvalue weighted by Gasteiger charge is -2.26. The van der Waals surface area contributed by atoms with E-state index in [1.54, 1.807) is 45.9 Å². The third-order valence-electron chi connectivity index (χ3n) is 2.07. The van der Waals surface area contributed by atoms with Crippen molar-refractivity contribution < 1.29 is 13.9 Å². The maximum atomic E-state index is 13.6. The van der Waals surface area contributed by atoms with Crippen LogP contribution >= 0.6 is 0 Å². The van der Waals surface area contributed by atoms with Crippen LogP contribution < -0.4 is 4.90 Å². The van der Waals surface area contributed by atoms with E-state index in [4.69, 9.17) is 4.74 Å². The molecule has 0 spiro atoms. The fourth-order valence-electron chi connectivity index (χ4n) is 1.39. The number of rotatable bonds is 2. The maximum Gasteiger partial charge on any atom is 0.414 e. The maximum absolute atomic E-state index is 13.6. The molecule has 0 N–H and O–H groups in total. The van der Waals surface area contributed by atoms with E-state index < -0.39 is 17.5 Å². The molecule has 1 amide bonds. The van der Waals surface area contributed by atoms with E-state index in [-0.39, 0.29) is 5.69 Å². The topological polar surface area (TPSA) is 29.5 Å². The molecule has 0 saturated heterocycles. The SMILES string of the molecule is CCN(C(=O)OC(C)(C)C)c1ccccc1F. The monoisotopic (exact) mass is 239 g/mol. The van der Waals surface area contributed by atoms with Gasteiger partial charge < -0.3 is 4.74 Å². The molecule has 94 valence electrons. The standard InChI is InChI=1S/C13H18FNO2/c1-5-15(12(16)17-13(2,3)4)11-9-7-6-8-10(11)14/h6-9H,5H2,1-4H3. The number of ether oxygens (including phenoxy) is 1. The second kappa shape index (κ2) is 5.17. The molecular weight excluding hydrogens is 221 g/mol. The van der Waals surface area contributed by atoms with E-state index in [2.05, 4.69) is 0 Å². The lowest BCUT2D eigenvalue weighted by molar-refractivity contribution is 0.0581. The van der Waals surface area contributed by atoms with Gasteiger partial charge >= 0.3 is 6.09 Å². The quantitative estimate of drug-likeness (QED) is 0.789. The number of carbonyl (C=O) groups excluding carboxylic acids is 1. The van der Waals surface area contributed by atoms with Gasteiger partial charge in [0.2, 0.25) is 0 Å². The van der Waals surface area contributed by atoms with Crippen LogP contribution in [0.3, 0.4) is 0 Å². The summed E-state index contributed by atoms with van der Waals surface area (Å²) < 4.78 is 18.8. The van der Waals surface area contributed by atoms with E-state index in [1.165, 1.54) is 11.0 Å². The van der Waals surface area contributed by atoms with Crippen LogP contribution in [-0.2, 0) is 4.74 Å². The number of anilines is 1. The Morgan fingerprint density at radius 3 is 2.41 bits per heavy atom. The number of halogens is 1. The first-order chi connectivity index (χ1) is 7.85. The summed E-state index contributed by atoms with van der Waals surface area (Å²) in [6.45, 7) is 7.46. The van der Waals surface area contributed by atoms with Gasteiger partial charge in [0.15, 0.2) is 0 Å². The lowest BCUT2D eigenvalue weighted by Crippen LogP contribution is -2.37. The molecule has 0 aliphatic rings. The van der Waals surface area contributed by atoms with Crippen LogP contribution in [0.2, 0.25) is 0 Å². The molecule has 0 aromatic heterocycles. The summed E-state index contributed by atoms with van der Waals surface area (Å²) in [4.78, 5) is 13.2. The smallest absolute Gasteiger partial charge is 0.414 e. The van der Waals surface area contributed by atoms with Gasteiger partial charge in [-0.1, -0.05) is 12.1 Å². The number of carbonyl (C=O) groups is 1. The van der Waals surface area contributed by atoms with Gasteiger partial charge in [0, 0.05) is 6.54 Å². The first-order valence-electron chi connectivity index (χ1n) is 5.60. The minimum absolute atomic E-state index is 0.240. The first kappa shape index (κ1) is 13.5. The Kier molecular flexibility index (Phi) is 4.10. The Balaban J connectivity index is 2.93. The van der Waals surface area contributed by atoms with Crippen molar-refractivity contribution >= 4 is 11.8 Å². The highest BCUT2D eigenvalue weighted by molar-refractivity contribution is 5.87. The Labute approximate surface area is 101 Å². The molecule has 0 aliphatic heterocycles. The van der Waals surface area contributed by atoms with Gasteiger partial charge in [0.25, 0.3) is 0 Å². The first-order valence-corrected chi connectivity index (χ1v) is 5.60. The summed E-state index contributed by atoms with van der Waals surface area (Å²) in [5.41, 5.74) is -0.347. The normalized spacial score (nSPS) is 11.1. The molecular formula is C13H18FNO2. The van der Waals surface area contributed by atoms with Crippen LogP contribution in [0.1, 0.15) is 27.7 Å². The fraction of sp³-hybridized carbons (Fsp3) is 0.462. The van der Waals surface area contributed by atoms with E-state index in [1.807, 2.05) is 0 Å². The van der Waals surface area contributed by atoms with Crippen molar-refractivity contribution in [2.24, 2.45) is 0 Å². The van der Waals surface area contributed by atoms with Crippen molar-refractivity contribution in [2.45, 2.75) is 33.3 Å². The van der Waals surface area contributed by atoms with Crippen molar-refractivity contribution in [3.05, 3.63) is 30.1 Å². The van der Waals surface area contributed by atoms with E-state index in [0.717, 1.165) is 0 Å². The highest BCUT2D eigenvalue weighted by Gasteiger charge is 2.23. The molecule has 0 fully saturated rings. The van der Waals surface area contributed by atoms with Crippen molar-refractivity contribution in [1.82, 2.24) is 0 Å². The zero-order chi connectivity index (χ0) is 13.1. The van der Waals surface area contributed by atoms with Crippen molar-refractivity contribution in [3.8, 4) is 0 Å². The van der Waals surface area contributed by atoms with Gasteiger partial charge in [-0.25, -0.2) is 9.18 Å². The van der Waals surface area contributed by atoms with Gasteiger partial charge in [-0.2, -0.15) is 0 Å².